The third-order valence-corrected chi connectivity index (χ3v) is 4.57. The molecule has 26 heavy (non-hydrogen) atoms. The molecule has 6 nitrogen and oxygen atoms in total. The van der Waals surface area contributed by atoms with Crippen LogP contribution in [-0.2, 0) is 10.2 Å². The molecule has 130 valence electrons. The molecule has 1 aromatic heterocycles. The quantitative estimate of drug-likeness (QED) is 0.754. The summed E-state index contributed by atoms with van der Waals surface area (Å²) < 4.78 is 5.27. The maximum atomic E-state index is 12.5. The van der Waals surface area contributed by atoms with Gasteiger partial charge in [-0.2, -0.15) is 0 Å². The Balaban J connectivity index is 1.56. The second-order valence-corrected chi connectivity index (χ2v) is 6.74. The van der Waals surface area contributed by atoms with Crippen LogP contribution in [0.15, 0.2) is 59.1 Å². The van der Waals surface area contributed by atoms with E-state index in [0.29, 0.717) is 11.4 Å². The van der Waals surface area contributed by atoms with Crippen molar-refractivity contribution in [1.29, 1.82) is 0 Å². The van der Waals surface area contributed by atoms with Gasteiger partial charge in [0.05, 0.1) is 5.41 Å². The van der Waals surface area contributed by atoms with Gasteiger partial charge in [0, 0.05) is 23.0 Å². The minimum Gasteiger partial charge on any atom is -0.355 e. The number of carbonyl (C=O) groups excluding carboxylic acids is 2. The monoisotopic (exact) mass is 347 g/mol. The van der Waals surface area contributed by atoms with Gasteiger partial charge in [0.25, 0.3) is 5.91 Å². The predicted octanol–water partition coefficient (Wildman–Crippen LogP) is 3.82. The molecule has 0 fully saturated rings. The summed E-state index contributed by atoms with van der Waals surface area (Å²) in [5.41, 5.74) is 2.63. The zero-order chi connectivity index (χ0) is 18.3. The van der Waals surface area contributed by atoms with Gasteiger partial charge < -0.3 is 15.2 Å². The van der Waals surface area contributed by atoms with E-state index < -0.39 is 5.41 Å². The zero-order valence-corrected chi connectivity index (χ0v) is 14.4. The maximum Gasteiger partial charge on any atom is 0.277 e. The molecule has 0 atom stereocenters. The Morgan fingerprint density at radius 2 is 1.88 bits per heavy atom. The number of rotatable bonds is 3. The fraction of sp³-hybridized carbons (Fsp3) is 0.150. The number of anilines is 2. The van der Waals surface area contributed by atoms with E-state index >= 15 is 0 Å². The molecule has 2 heterocycles. The van der Waals surface area contributed by atoms with Gasteiger partial charge in [-0.1, -0.05) is 35.5 Å². The molecule has 2 amide bonds. The highest BCUT2D eigenvalue weighted by Crippen LogP contribution is 2.38. The van der Waals surface area contributed by atoms with E-state index in [9.17, 15) is 9.59 Å². The van der Waals surface area contributed by atoms with E-state index in [-0.39, 0.29) is 17.5 Å². The highest BCUT2D eigenvalue weighted by Gasteiger charge is 2.38. The van der Waals surface area contributed by atoms with Gasteiger partial charge in [0.1, 0.15) is 0 Å². The molecule has 0 spiro atoms. The Hall–Kier alpha value is -3.41. The topological polar surface area (TPSA) is 84.2 Å². The van der Waals surface area contributed by atoms with Crippen molar-refractivity contribution in [1.82, 2.24) is 5.16 Å². The summed E-state index contributed by atoms with van der Waals surface area (Å²) in [5, 5.41) is 9.50. The van der Waals surface area contributed by atoms with Gasteiger partial charge in [0.15, 0.2) is 11.5 Å². The molecule has 0 saturated carbocycles. The van der Waals surface area contributed by atoms with Crippen LogP contribution in [0.4, 0.5) is 11.4 Å². The SMILES string of the molecule is CC1(C)C(=O)Nc2ccc(NC(=O)c3cc(-c4ccccc4)on3)cc21. The first-order valence-corrected chi connectivity index (χ1v) is 8.24. The Bertz CT molecular complexity index is 1010. The Kier molecular flexibility index (Phi) is 3.61. The second kappa shape index (κ2) is 5.84. The van der Waals surface area contributed by atoms with Crippen molar-refractivity contribution in [2.75, 3.05) is 10.6 Å². The molecule has 4 rings (SSSR count). The summed E-state index contributed by atoms with van der Waals surface area (Å²) in [6, 6.07) is 16.4. The maximum absolute atomic E-state index is 12.5. The van der Waals surface area contributed by atoms with Crippen LogP contribution in [0.2, 0.25) is 0 Å². The highest BCUT2D eigenvalue weighted by molar-refractivity contribution is 6.07. The lowest BCUT2D eigenvalue weighted by Crippen LogP contribution is -2.26. The van der Waals surface area contributed by atoms with Crippen LogP contribution < -0.4 is 10.6 Å². The number of nitrogens with zero attached hydrogens (tertiary/aromatic N) is 1. The minimum atomic E-state index is -0.634. The van der Waals surface area contributed by atoms with Gasteiger partial charge in [-0.3, -0.25) is 9.59 Å². The van der Waals surface area contributed by atoms with E-state index in [1.165, 1.54) is 0 Å². The number of carbonyl (C=O) groups is 2. The van der Waals surface area contributed by atoms with Crippen molar-refractivity contribution in [3.63, 3.8) is 0 Å². The number of hydrogen-bond acceptors (Lipinski definition) is 4. The first-order chi connectivity index (χ1) is 12.4. The van der Waals surface area contributed by atoms with E-state index in [2.05, 4.69) is 15.8 Å². The summed E-state index contributed by atoms with van der Waals surface area (Å²) in [6.45, 7) is 3.70. The molecular weight excluding hydrogens is 330 g/mol. The van der Waals surface area contributed by atoms with Crippen molar-refractivity contribution in [2.45, 2.75) is 19.3 Å². The van der Waals surface area contributed by atoms with E-state index in [4.69, 9.17) is 4.52 Å². The standard InChI is InChI=1S/C20H17N3O3/c1-20(2)14-10-13(8-9-15(14)22-19(20)25)21-18(24)16-11-17(26-23-16)12-6-4-3-5-7-12/h3-11H,1-2H3,(H,21,24)(H,22,25). The number of benzene rings is 2. The Labute approximate surface area is 150 Å². The summed E-state index contributed by atoms with van der Waals surface area (Å²) in [5.74, 6) is 0.103. The average molecular weight is 347 g/mol. The molecule has 0 radical (unpaired) electrons. The van der Waals surface area contributed by atoms with E-state index in [1.807, 2.05) is 50.2 Å². The zero-order valence-electron chi connectivity index (χ0n) is 14.4. The molecule has 3 aromatic rings. The van der Waals surface area contributed by atoms with Crippen molar-refractivity contribution < 1.29 is 14.1 Å². The molecule has 0 unspecified atom stereocenters. The molecule has 0 saturated heterocycles. The number of hydrogen-bond donors (Lipinski definition) is 2. The van der Waals surface area contributed by atoms with Crippen LogP contribution in [-0.4, -0.2) is 17.0 Å². The lowest BCUT2D eigenvalue weighted by Gasteiger charge is -2.15. The Morgan fingerprint density at radius 1 is 1.12 bits per heavy atom. The number of nitrogens with one attached hydrogen (secondary N) is 2. The van der Waals surface area contributed by atoms with Crippen LogP contribution in [0.1, 0.15) is 29.9 Å². The molecule has 0 bridgehead atoms. The number of fused-ring (bicyclic) bond motifs is 1. The summed E-state index contributed by atoms with van der Waals surface area (Å²) in [6.07, 6.45) is 0. The molecule has 0 aliphatic carbocycles. The third-order valence-electron chi connectivity index (χ3n) is 4.57. The lowest BCUT2D eigenvalue weighted by atomic mass is 9.86. The average Bonchev–Trinajstić information content (AvgIpc) is 3.21. The normalized spacial score (nSPS) is 14.6. The van der Waals surface area contributed by atoms with Crippen molar-refractivity contribution in [3.05, 3.63) is 65.9 Å². The van der Waals surface area contributed by atoms with Crippen molar-refractivity contribution in [3.8, 4) is 11.3 Å². The predicted molar refractivity (Wildman–Crippen MR) is 98.0 cm³/mol. The lowest BCUT2D eigenvalue weighted by molar-refractivity contribution is -0.119. The number of amides is 2. The van der Waals surface area contributed by atoms with Gasteiger partial charge >= 0.3 is 0 Å². The smallest absolute Gasteiger partial charge is 0.277 e. The summed E-state index contributed by atoms with van der Waals surface area (Å²) >= 11 is 0. The van der Waals surface area contributed by atoms with Crippen LogP contribution in [0.25, 0.3) is 11.3 Å². The second-order valence-electron chi connectivity index (χ2n) is 6.74. The molecule has 2 N–H and O–H groups in total. The first-order valence-electron chi connectivity index (χ1n) is 8.24. The molecule has 1 aliphatic heterocycles. The Morgan fingerprint density at radius 3 is 2.65 bits per heavy atom. The number of aromatic nitrogens is 1. The van der Waals surface area contributed by atoms with Crippen LogP contribution in [0.3, 0.4) is 0 Å². The highest BCUT2D eigenvalue weighted by atomic mass is 16.5. The van der Waals surface area contributed by atoms with E-state index in [0.717, 1.165) is 16.8 Å². The van der Waals surface area contributed by atoms with Gasteiger partial charge in [-0.25, -0.2) is 0 Å². The fourth-order valence-electron chi connectivity index (χ4n) is 2.96. The summed E-state index contributed by atoms with van der Waals surface area (Å²) in [7, 11) is 0. The molecular formula is C20H17N3O3. The molecule has 2 aromatic carbocycles. The molecule has 6 heteroatoms. The van der Waals surface area contributed by atoms with E-state index in [1.54, 1.807) is 18.2 Å². The third kappa shape index (κ3) is 2.65. The molecule has 1 aliphatic rings. The van der Waals surface area contributed by atoms with Gasteiger partial charge in [0.2, 0.25) is 5.91 Å². The van der Waals surface area contributed by atoms with Crippen LogP contribution in [0.5, 0.6) is 0 Å². The van der Waals surface area contributed by atoms with Crippen molar-refractivity contribution in [2.24, 2.45) is 0 Å². The largest absolute Gasteiger partial charge is 0.355 e. The minimum absolute atomic E-state index is 0.0556. The fourth-order valence-corrected chi connectivity index (χ4v) is 2.96. The first kappa shape index (κ1) is 16.1. The van der Waals surface area contributed by atoms with Gasteiger partial charge in [-0.15, -0.1) is 0 Å². The van der Waals surface area contributed by atoms with Gasteiger partial charge in [-0.05, 0) is 37.6 Å². The van der Waals surface area contributed by atoms with Crippen LogP contribution >= 0.6 is 0 Å². The van der Waals surface area contributed by atoms with Crippen molar-refractivity contribution >= 4 is 23.2 Å². The van der Waals surface area contributed by atoms with Crippen LogP contribution in [0, 0.1) is 0 Å². The summed E-state index contributed by atoms with van der Waals surface area (Å²) in [4.78, 5) is 24.5.